The van der Waals surface area contributed by atoms with Gasteiger partial charge in [-0.25, -0.2) is 0 Å². The first-order valence-corrected chi connectivity index (χ1v) is 7.36. The van der Waals surface area contributed by atoms with Gasteiger partial charge in [-0.1, -0.05) is 19.1 Å². The summed E-state index contributed by atoms with van der Waals surface area (Å²) in [6.07, 6.45) is 6.26. The maximum Gasteiger partial charge on any atom is 0.290 e. The van der Waals surface area contributed by atoms with E-state index in [4.69, 9.17) is 10.00 Å². The number of rotatable bonds is 6. The number of nitriles is 1. The number of hydrogen-bond donors (Lipinski definition) is 0. The second-order valence-corrected chi connectivity index (χ2v) is 5.27. The zero-order valence-electron chi connectivity index (χ0n) is 12.6. The minimum Gasteiger partial charge on any atom is -0.492 e. The molecule has 2 rings (SSSR count). The Labute approximate surface area is 129 Å². The summed E-state index contributed by atoms with van der Waals surface area (Å²) in [5.74, 6) is 0.659. The summed E-state index contributed by atoms with van der Waals surface area (Å²) in [5, 5.41) is 20.0. The Morgan fingerprint density at radius 2 is 2.41 bits per heavy atom. The van der Waals surface area contributed by atoms with Gasteiger partial charge in [-0.15, -0.1) is 0 Å². The minimum absolute atomic E-state index is 0.00627. The van der Waals surface area contributed by atoms with Gasteiger partial charge < -0.3 is 9.64 Å². The number of nitrogens with zero attached hydrogens (tertiary/aromatic N) is 3. The fraction of sp³-hybridized carbons (Fsp3) is 0.438. The van der Waals surface area contributed by atoms with Crippen LogP contribution in [0.15, 0.2) is 30.5 Å². The van der Waals surface area contributed by atoms with Crippen molar-refractivity contribution in [3.63, 3.8) is 0 Å². The van der Waals surface area contributed by atoms with Crippen molar-refractivity contribution in [3.8, 4) is 11.8 Å². The second kappa shape index (κ2) is 7.46. The number of likely N-dealkylation sites (tertiary alicyclic amines) is 1. The summed E-state index contributed by atoms with van der Waals surface area (Å²) in [5.41, 5.74) is -0.216. The second-order valence-electron chi connectivity index (χ2n) is 5.27. The first-order valence-electron chi connectivity index (χ1n) is 7.36. The summed E-state index contributed by atoms with van der Waals surface area (Å²) < 4.78 is 5.68. The van der Waals surface area contributed by atoms with Crippen LogP contribution in [0.4, 0.5) is 5.69 Å². The van der Waals surface area contributed by atoms with E-state index in [1.165, 1.54) is 6.07 Å². The zero-order chi connectivity index (χ0) is 15.9. The van der Waals surface area contributed by atoms with Crippen molar-refractivity contribution >= 4 is 5.69 Å². The Bertz CT molecular complexity index is 607. The molecule has 1 aromatic rings. The molecule has 6 heteroatoms. The fourth-order valence-corrected chi connectivity index (χ4v) is 2.50. The molecule has 1 aliphatic heterocycles. The third-order valence-electron chi connectivity index (χ3n) is 3.66. The van der Waals surface area contributed by atoms with Crippen LogP contribution in [-0.4, -0.2) is 29.5 Å². The van der Waals surface area contributed by atoms with Crippen molar-refractivity contribution < 1.29 is 9.66 Å². The Hall–Kier alpha value is -2.55. The van der Waals surface area contributed by atoms with Crippen LogP contribution < -0.4 is 4.74 Å². The van der Waals surface area contributed by atoms with Crippen molar-refractivity contribution in [2.75, 3.05) is 19.7 Å². The van der Waals surface area contributed by atoms with Crippen LogP contribution in [0, 0.1) is 27.4 Å². The number of ether oxygens (including phenoxy) is 1. The predicted octanol–water partition coefficient (Wildman–Crippen LogP) is 3.09. The highest BCUT2D eigenvalue weighted by Crippen LogP contribution is 2.28. The van der Waals surface area contributed by atoms with E-state index in [1.54, 1.807) is 12.1 Å². The van der Waals surface area contributed by atoms with E-state index in [2.05, 4.69) is 24.1 Å². The number of benzene rings is 1. The Kier molecular flexibility index (Phi) is 5.37. The Morgan fingerprint density at radius 3 is 3.09 bits per heavy atom. The predicted molar refractivity (Wildman–Crippen MR) is 82.4 cm³/mol. The lowest BCUT2D eigenvalue weighted by atomic mass is 10.1. The topological polar surface area (TPSA) is 79.4 Å². The molecule has 0 N–H and O–H groups in total. The van der Waals surface area contributed by atoms with Crippen LogP contribution in [0.2, 0.25) is 0 Å². The quantitative estimate of drug-likeness (QED) is 0.596. The summed E-state index contributed by atoms with van der Waals surface area (Å²) in [6, 6.07) is 6.33. The maximum atomic E-state index is 10.9. The molecule has 0 aliphatic carbocycles. The number of nitro benzene ring substituents is 1. The molecular formula is C16H19N3O3. The van der Waals surface area contributed by atoms with Crippen molar-refractivity contribution in [1.29, 1.82) is 5.26 Å². The molecule has 1 atom stereocenters. The third kappa shape index (κ3) is 3.76. The minimum atomic E-state index is -0.557. The van der Waals surface area contributed by atoms with Gasteiger partial charge in [-0.3, -0.25) is 10.1 Å². The van der Waals surface area contributed by atoms with E-state index in [9.17, 15) is 10.1 Å². The highest BCUT2D eigenvalue weighted by Gasteiger charge is 2.23. The molecule has 0 amide bonds. The van der Waals surface area contributed by atoms with Crippen molar-refractivity contribution in [3.05, 3.63) is 46.2 Å². The normalized spacial score (nSPS) is 17.6. The lowest BCUT2D eigenvalue weighted by molar-refractivity contribution is -0.385. The zero-order valence-corrected chi connectivity index (χ0v) is 12.6. The Balaban J connectivity index is 1.98. The number of allylic oxidation sites excluding steroid dienone is 1. The fourth-order valence-electron chi connectivity index (χ4n) is 2.50. The SMILES string of the molecule is CCC=CN1CCC(COc2cccc([N+](=O)[O-])c2C#N)C1. The van der Waals surface area contributed by atoms with Crippen LogP contribution in [0.3, 0.4) is 0 Å². The van der Waals surface area contributed by atoms with Crippen molar-refractivity contribution in [2.24, 2.45) is 5.92 Å². The van der Waals surface area contributed by atoms with Gasteiger partial charge in [0.05, 0.1) is 11.5 Å². The lowest BCUT2D eigenvalue weighted by Crippen LogP contribution is -2.17. The van der Waals surface area contributed by atoms with Crippen molar-refractivity contribution in [2.45, 2.75) is 19.8 Å². The average molecular weight is 301 g/mol. The highest BCUT2D eigenvalue weighted by molar-refractivity contribution is 5.56. The molecule has 22 heavy (non-hydrogen) atoms. The molecule has 0 bridgehead atoms. The van der Waals surface area contributed by atoms with E-state index in [-0.39, 0.29) is 11.3 Å². The lowest BCUT2D eigenvalue weighted by Gasteiger charge is -2.14. The molecule has 0 spiro atoms. The van der Waals surface area contributed by atoms with Crippen LogP contribution in [0.5, 0.6) is 5.75 Å². The summed E-state index contributed by atoms with van der Waals surface area (Å²) >= 11 is 0. The molecule has 0 radical (unpaired) electrons. The van der Waals surface area contributed by atoms with Gasteiger partial charge in [0, 0.05) is 25.1 Å². The van der Waals surface area contributed by atoms with Crippen LogP contribution >= 0.6 is 0 Å². The molecule has 1 heterocycles. The Morgan fingerprint density at radius 1 is 1.59 bits per heavy atom. The van der Waals surface area contributed by atoms with Gasteiger partial charge in [0.1, 0.15) is 11.8 Å². The summed E-state index contributed by atoms with van der Waals surface area (Å²) in [7, 11) is 0. The molecule has 116 valence electrons. The summed E-state index contributed by atoms with van der Waals surface area (Å²) in [4.78, 5) is 12.6. The van der Waals surface area contributed by atoms with Gasteiger partial charge in [-0.2, -0.15) is 5.26 Å². The average Bonchev–Trinajstić information content (AvgIpc) is 2.98. The van der Waals surface area contributed by atoms with E-state index >= 15 is 0 Å². The molecule has 1 saturated heterocycles. The monoisotopic (exact) mass is 301 g/mol. The van der Waals surface area contributed by atoms with Gasteiger partial charge >= 0.3 is 0 Å². The van der Waals surface area contributed by atoms with E-state index in [0.717, 1.165) is 25.9 Å². The van der Waals surface area contributed by atoms with Crippen LogP contribution in [-0.2, 0) is 0 Å². The van der Waals surface area contributed by atoms with Gasteiger partial charge in [0.15, 0.2) is 5.56 Å². The summed E-state index contributed by atoms with van der Waals surface area (Å²) in [6.45, 7) is 4.46. The molecular weight excluding hydrogens is 282 g/mol. The molecule has 0 saturated carbocycles. The van der Waals surface area contributed by atoms with Crippen molar-refractivity contribution in [1.82, 2.24) is 4.90 Å². The van der Waals surface area contributed by atoms with E-state index in [0.29, 0.717) is 18.3 Å². The molecule has 1 unspecified atom stereocenters. The van der Waals surface area contributed by atoms with Gasteiger partial charge in [0.25, 0.3) is 5.69 Å². The molecule has 0 aromatic heterocycles. The molecule has 1 aliphatic rings. The molecule has 1 fully saturated rings. The molecule has 1 aromatic carbocycles. The van der Waals surface area contributed by atoms with E-state index < -0.39 is 4.92 Å². The van der Waals surface area contributed by atoms with Gasteiger partial charge in [0.2, 0.25) is 0 Å². The molecule has 6 nitrogen and oxygen atoms in total. The smallest absolute Gasteiger partial charge is 0.290 e. The van der Waals surface area contributed by atoms with Gasteiger partial charge in [-0.05, 0) is 25.1 Å². The van der Waals surface area contributed by atoms with Crippen LogP contribution in [0.25, 0.3) is 0 Å². The first-order chi connectivity index (χ1) is 10.7. The maximum absolute atomic E-state index is 10.9. The number of hydrogen-bond acceptors (Lipinski definition) is 5. The van der Waals surface area contributed by atoms with E-state index in [1.807, 2.05) is 6.07 Å². The largest absolute Gasteiger partial charge is 0.492 e. The first kappa shape index (κ1) is 15.8. The highest BCUT2D eigenvalue weighted by atomic mass is 16.6. The van der Waals surface area contributed by atoms with Crippen LogP contribution in [0.1, 0.15) is 25.3 Å². The standard InChI is InChI=1S/C16H19N3O3/c1-2-3-8-18-9-7-13(11-18)12-22-16-6-4-5-15(19(20)21)14(16)10-17/h3-6,8,13H,2,7,9,11-12H2,1H3. The third-order valence-corrected chi connectivity index (χ3v) is 3.66. The number of nitro groups is 1.